The van der Waals surface area contributed by atoms with E-state index in [1.54, 1.807) is 0 Å². The van der Waals surface area contributed by atoms with E-state index in [1.165, 1.54) is 23.1 Å². The van der Waals surface area contributed by atoms with Gasteiger partial charge in [0.05, 0.1) is 10.6 Å². The van der Waals surface area contributed by atoms with Crippen molar-refractivity contribution in [1.29, 1.82) is 0 Å². The summed E-state index contributed by atoms with van der Waals surface area (Å²) in [5.41, 5.74) is 0.217. The fraction of sp³-hybridized carbons (Fsp3) is 0.308. The zero-order valence-electron chi connectivity index (χ0n) is 11.1. The Kier molecular flexibility index (Phi) is 4.64. The highest BCUT2D eigenvalue weighted by Crippen LogP contribution is 2.21. The fourth-order valence-electron chi connectivity index (χ4n) is 1.95. The number of aromatic carboxylic acids is 1. The van der Waals surface area contributed by atoms with Crippen LogP contribution in [0.4, 0.5) is 10.5 Å². The van der Waals surface area contributed by atoms with Gasteiger partial charge >= 0.3 is 12.0 Å². The molecule has 8 heteroatoms. The Bertz CT molecular complexity index is 591. The zero-order chi connectivity index (χ0) is 15.4. The predicted octanol–water partition coefficient (Wildman–Crippen LogP) is 1.39. The Morgan fingerprint density at radius 1 is 1.38 bits per heavy atom. The third kappa shape index (κ3) is 3.85. The van der Waals surface area contributed by atoms with Crippen molar-refractivity contribution in [3.63, 3.8) is 0 Å². The van der Waals surface area contributed by atoms with Crippen molar-refractivity contribution in [2.45, 2.75) is 6.42 Å². The quantitative estimate of drug-likeness (QED) is 0.768. The monoisotopic (exact) mass is 311 g/mol. The highest BCUT2D eigenvalue weighted by molar-refractivity contribution is 6.33. The number of carbonyl (C=O) groups is 3. The van der Waals surface area contributed by atoms with Crippen molar-refractivity contribution in [3.8, 4) is 0 Å². The second-order valence-corrected chi connectivity index (χ2v) is 4.96. The number of hydrogen-bond donors (Lipinski definition) is 3. The van der Waals surface area contributed by atoms with Crippen molar-refractivity contribution in [2.24, 2.45) is 0 Å². The number of carboxylic acid groups (broad SMARTS) is 1. The first-order valence-electron chi connectivity index (χ1n) is 6.33. The topological polar surface area (TPSA) is 98.7 Å². The van der Waals surface area contributed by atoms with Gasteiger partial charge < -0.3 is 20.6 Å². The van der Waals surface area contributed by atoms with Gasteiger partial charge in [-0.1, -0.05) is 11.6 Å². The van der Waals surface area contributed by atoms with Gasteiger partial charge in [-0.05, 0) is 24.6 Å². The number of carbonyl (C=O) groups excluding carboxylic acids is 2. The van der Waals surface area contributed by atoms with E-state index in [4.69, 9.17) is 16.7 Å². The minimum atomic E-state index is -1.18. The lowest BCUT2D eigenvalue weighted by atomic mass is 10.2. The van der Waals surface area contributed by atoms with E-state index in [1.807, 2.05) is 0 Å². The smallest absolute Gasteiger partial charge is 0.337 e. The molecule has 0 atom stereocenters. The van der Waals surface area contributed by atoms with E-state index in [-0.39, 0.29) is 23.0 Å². The van der Waals surface area contributed by atoms with Crippen molar-refractivity contribution in [3.05, 3.63) is 28.8 Å². The molecule has 2 rings (SSSR count). The number of amides is 3. The van der Waals surface area contributed by atoms with Crippen LogP contribution in [0.2, 0.25) is 5.02 Å². The van der Waals surface area contributed by atoms with E-state index in [0.717, 1.165) is 0 Å². The molecule has 0 bridgehead atoms. The Hall–Kier alpha value is -2.28. The van der Waals surface area contributed by atoms with Crippen molar-refractivity contribution in [1.82, 2.24) is 10.2 Å². The maximum absolute atomic E-state index is 12.1. The summed E-state index contributed by atoms with van der Waals surface area (Å²) in [6, 6.07) is 3.73. The number of halogens is 1. The number of anilines is 1. The first kappa shape index (κ1) is 15.1. The Balaban J connectivity index is 2.10. The van der Waals surface area contributed by atoms with E-state index in [2.05, 4.69) is 10.6 Å². The fourth-order valence-corrected chi connectivity index (χ4v) is 2.15. The number of carboxylic acids is 1. The summed E-state index contributed by atoms with van der Waals surface area (Å²) < 4.78 is 0. The predicted molar refractivity (Wildman–Crippen MR) is 76.6 cm³/mol. The number of urea groups is 1. The lowest BCUT2D eigenvalue weighted by Crippen LogP contribution is -2.39. The molecule has 1 saturated heterocycles. The minimum absolute atomic E-state index is 0.0226. The molecule has 3 N–H and O–H groups in total. The standard InChI is InChI=1S/C13H14ClN3O4/c14-10-3-2-8(6-9(10)12(19)20)16-13(21)17-5-1-4-15-11(18)7-17/h2-3,6H,1,4-5,7H2,(H,15,18)(H,16,21)(H,19,20). The van der Waals surface area contributed by atoms with Crippen LogP contribution in [0.15, 0.2) is 18.2 Å². The highest BCUT2D eigenvalue weighted by atomic mass is 35.5. The molecule has 21 heavy (non-hydrogen) atoms. The summed E-state index contributed by atoms with van der Waals surface area (Å²) in [6.07, 6.45) is 0.667. The van der Waals surface area contributed by atoms with E-state index in [9.17, 15) is 14.4 Å². The molecule has 0 saturated carbocycles. The molecule has 1 aromatic rings. The highest BCUT2D eigenvalue weighted by Gasteiger charge is 2.20. The second kappa shape index (κ2) is 6.45. The molecule has 112 valence electrons. The normalized spacial score (nSPS) is 15.1. The van der Waals surface area contributed by atoms with Crippen LogP contribution in [0.5, 0.6) is 0 Å². The van der Waals surface area contributed by atoms with Crippen LogP contribution in [0.1, 0.15) is 16.8 Å². The largest absolute Gasteiger partial charge is 0.478 e. The Labute approximate surface area is 125 Å². The molecule has 0 unspecified atom stereocenters. The molecule has 1 aliphatic heterocycles. The first-order valence-corrected chi connectivity index (χ1v) is 6.70. The third-order valence-corrected chi connectivity index (χ3v) is 3.33. The van der Waals surface area contributed by atoms with Crippen LogP contribution >= 0.6 is 11.6 Å². The third-order valence-electron chi connectivity index (χ3n) is 3.00. The second-order valence-electron chi connectivity index (χ2n) is 4.55. The molecule has 0 aliphatic carbocycles. The van der Waals surface area contributed by atoms with Gasteiger partial charge in [0.25, 0.3) is 0 Å². The zero-order valence-corrected chi connectivity index (χ0v) is 11.8. The Morgan fingerprint density at radius 2 is 2.14 bits per heavy atom. The molecule has 3 amide bonds. The van der Waals surface area contributed by atoms with Gasteiger partial charge in [-0.25, -0.2) is 9.59 Å². The lowest BCUT2D eigenvalue weighted by Gasteiger charge is -2.19. The molecule has 1 aliphatic rings. The Morgan fingerprint density at radius 3 is 2.86 bits per heavy atom. The number of nitrogens with zero attached hydrogens (tertiary/aromatic N) is 1. The van der Waals surface area contributed by atoms with Crippen LogP contribution in [-0.4, -0.2) is 47.5 Å². The van der Waals surface area contributed by atoms with Crippen molar-refractivity contribution < 1.29 is 19.5 Å². The van der Waals surface area contributed by atoms with E-state index >= 15 is 0 Å². The van der Waals surface area contributed by atoms with Gasteiger partial charge in [0, 0.05) is 18.8 Å². The van der Waals surface area contributed by atoms with Gasteiger partial charge in [0.15, 0.2) is 0 Å². The molecule has 0 radical (unpaired) electrons. The van der Waals surface area contributed by atoms with Gasteiger partial charge in [0.2, 0.25) is 5.91 Å². The summed E-state index contributed by atoms with van der Waals surface area (Å²) in [7, 11) is 0. The average molecular weight is 312 g/mol. The van der Waals surface area contributed by atoms with E-state index < -0.39 is 12.0 Å². The van der Waals surface area contributed by atoms with Gasteiger partial charge in [-0.3, -0.25) is 4.79 Å². The number of hydrogen-bond acceptors (Lipinski definition) is 3. The lowest BCUT2D eigenvalue weighted by molar-refractivity contribution is -0.120. The number of benzene rings is 1. The molecule has 0 aromatic heterocycles. The summed E-state index contributed by atoms with van der Waals surface area (Å²) >= 11 is 5.76. The number of rotatable bonds is 2. The van der Waals surface area contributed by atoms with Crippen LogP contribution in [0.25, 0.3) is 0 Å². The summed E-state index contributed by atoms with van der Waals surface area (Å²) in [4.78, 5) is 35.9. The maximum atomic E-state index is 12.1. The van der Waals surface area contributed by atoms with Crippen LogP contribution in [-0.2, 0) is 4.79 Å². The molecular formula is C13H14ClN3O4. The summed E-state index contributed by atoms with van der Waals surface area (Å²) in [6.45, 7) is 0.960. The van der Waals surface area contributed by atoms with Crippen molar-refractivity contribution in [2.75, 3.05) is 25.0 Å². The van der Waals surface area contributed by atoms with Gasteiger partial charge in [0.1, 0.15) is 6.54 Å². The van der Waals surface area contributed by atoms with Gasteiger partial charge in [-0.2, -0.15) is 0 Å². The van der Waals surface area contributed by atoms with Crippen LogP contribution < -0.4 is 10.6 Å². The maximum Gasteiger partial charge on any atom is 0.337 e. The van der Waals surface area contributed by atoms with Crippen LogP contribution in [0.3, 0.4) is 0 Å². The molecule has 7 nitrogen and oxygen atoms in total. The van der Waals surface area contributed by atoms with Crippen molar-refractivity contribution >= 4 is 35.2 Å². The number of nitrogens with one attached hydrogen (secondary N) is 2. The molecule has 1 fully saturated rings. The summed E-state index contributed by atoms with van der Waals surface area (Å²) in [5.74, 6) is -1.39. The van der Waals surface area contributed by atoms with Crippen LogP contribution in [0, 0.1) is 0 Å². The summed E-state index contributed by atoms with van der Waals surface area (Å²) in [5, 5.41) is 14.3. The SMILES string of the molecule is O=C1CN(C(=O)Nc2ccc(Cl)c(C(=O)O)c2)CCCN1. The van der Waals surface area contributed by atoms with Gasteiger partial charge in [-0.15, -0.1) is 0 Å². The minimum Gasteiger partial charge on any atom is -0.478 e. The van der Waals surface area contributed by atoms with E-state index in [0.29, 0.717) is 25.2 Å². The molecular weight excluding hydrogens is 298 g/mol. The molecule has 1 aromatic carbocycles. The molecule has 1 heterocycles. The first-order chi connectivity index (χ1) is 9.97. The molecule has 0 spiro atoms. The average Bonchev–Trinajstić information content (AvgIpc) is 2.65.